The van der Waals surface area contributed by atoms with Gasteiger partial charge in [0.25, 0.3) is 0 Å². The largest absolute Gasteiger partial charge is 0.492 e. The van der Waals surface area contributed by atoms with Crippen molar-refractivity contribution in [3.63, 3.8) is 0 Å². The van der Waals surface area contributed by atoms with Crippen molar-refractivity contribution in [3.8, 4) is 11.5 Å². The molecule has 6 nitrogen and oxygen atoms in total. The molecule has 1 fully saturated rings. The Morgan fingerprint density at radius 2 is 1.56 bits per heavy atom. The number of ether oxygens (including phenoxy) is 2. The van der Waals surface area contributed by atoms with Gasteiger partial charge in [0.1, 0.15) is 30.3 Å². The van der Waals surface area contributed by atoms with Gasteiger partial charge in [0.05, 0.1) is 12.2 Å². The highest BCUT2D eigenvalue weighted by Gasteiger charge is 2.33. The minimum atomic E-state index is -0.758. The molecule has 3 aromatic rings. The average molecular weight is 436 g/mol. The summed E-state index contributed by atoms with van der Waals surface area (Å²) in [5.41, 5.74) is 2.71. The lowest BCUT2D eigenvalue weighted by molar-refractivity contribution is -0.0537. The fourth-order valence-corrected chi connectivity index (χ4v) is 3.92. The van der Waals surface area contributed by atoms with Crippen LogP contribution in [-0.4, -0.2) is 51.7 Å². The Labute approximate surface area is 190 Å². The molecule has 2 aromatic carbocycles. The highest BCUT2D eigenvalue weighted by atomic mass is 16.5. The standard InChI is InChI=1S/C26H33N3O3/c1-21-3-7-25(8-4-21)32-20-26(30)12-15-28(16-13-26)19-23-5-9-24(10-6-23)31-18-17-29-14-11-22(2)27-29/h3-11,14,30H,12-13,15-20H2,1-2H3. The Bertz CT molecular complexity index is 974. The van der Waals surface area contributed by atoms with Gasteiger partial charge in [-0.25, -0.2) is 0 Å². The normalized spacial score (nSPS) is 16.1. The smallest absolute Gasteiger partial charge is 0.119 e. The topological polar surface area (TPSA) is 59.8 Å². The van der Waals surface area contributed by atoms with Gasteiger partial charge in [0, 0.05) is 25.8 Å². The Hall–Kier alpha value is -2.83. The number of piperidine rings is 1. The SMILES string of the molecule is Cc1ccc(OCC2(O)CCN(Cc3ccc(OCCn4ccc(C)n4)cc3)CC2)cc1. The number of aryl methyl sites for hydroxylation is 2. The van der Waals surface area contributed by atoms with Gasteiger partial charge in [-0.2, -0.15) is 5.10 Å². The predicted octanol–water partition coefficient (Wildman–Crippen LogP) is 3.98. The van der Waals surface area contributed by atoms with Gasteiger partial charge in [0.15, 0.2) is 0 Å². The predicted molar refractivity (Wildman–Crippen MR) is 125 cm³/mol. The fourth-order valence-electron chi connectivity index (χ4n) is 3.92. The van der Waals surface area contributed by atoms with E-state index in [0.717, 1.165) is 43.4 Å². The Kier molecular flexibility index (Phi) is 7.12. The van der Waals surface area contributed by atoms with Gasteiger partial charge in [-0.1, -0.05) is 29.8 Å². The third-order valence-electron chi connectivity index (χ3n) is 6.01. The van der Waals surface area contributed by atoms with E-state index in [2.05, 4.69) is 29.1 Å². The van der Waals surface area contributed by atoms with Crippen molar-refractivity contribution in [2.75, 3.05) is 26.3 Å². The number of aliphatic hydroxyl groups is 1. The van der Waals surface area contributed by atoms with E-state index < -0.39 is 5.60 Å². The zero-order valence-corrected chi connectivity index (χ0v) is 19.0. The van der Waals surface area contributed by atoms with Crippen molar-refractivity contribution in [1.82, 2.24) is 14.7 Å². The summed E-state index contributed by atoms with van der Waals surface area (Å²) in [7, 11) is 0. The number of rotatable bonds is 9. The number of nitrogens with zero attached hydrogens (tertiary/aromatic N) is 3. The quantitative estimate of drug-likeness (QED) is 0.551. The second-order valence-corrected chi connectivity index (χ2v) is 8.81. The van der Waals surface area contributed by atoms with E-state index in [4.69, 9.17) is 9.47 Å². The van der Waals surface area contributed by atoms with Gasteiger partial charge in [-0.05, 0) is 62.6 Å². The van der Waals surface area contributed by atoms with Gasteiger partial charge < -0.3 is 14.6 Å². The summed E-state index contributed by atoms with van der Waals surface area (Å²) in [5, 5.41) is 15.3. The van der Waals surface area contributed by atoms with Gasteiger partial charge in [-0.15, -0.1) is 0 Å². The monoisotopic (exact) mass is 435 g/mol. The lowest BCUT2D eigenvalue weighted by Crippen LogP contribution is -2.47. The molecule has 0 bridgehead atoms. The van der Waals surface area contributed by atoms with Gasteiger partial charge in [0.2, 0.25) is 0 Å². The molecule has 1 aromatic heterocycles. The fraction of sp³-hybridized carbons (Fsp3) is 0.423. The summed E-state index contributed by atoms with van der Waals surface area (Å²) in [6, 6.07) is 18.3. The second kappa shape index (κ2) is 10.2. The molecule has 0 unspecified atom stereocenters. The van der Waals surface area contributed by atoms with Crippen molar-refractivity contribution in [3.05, 3.63) is 77.6 Å². The first-order chi connectivity index (χ1) is 15.5. The molecule has 0 radical (unpaired) electrons. The van der Waals surface area contributed by atoms with Crippen molar-refractivity contribution < 1.29 is 14.6 Å². The summed E-state index contributed by atoms with van der Waals surface area (Å²) in [5.74, 6) is 1.69. The molecule has 1 aliphatic heterocycles. The molecule has 4 rings (SSSR count). The molecule has 0 atom stereocenters. The van der Waals surface area contributed by atoms with Gasteiger partial charge >= 0.3 is 0 Å². The molecule has 1 saturated heterocycles. The van der Waals surface area contributed by atoms with E-state index in [1.807, 2.05) is 60.3 Å². The van der Waals surface area contributed by atoms with Crippen LogP contribution in [0.15, 0.2) is 60.8 Å². The second-order valence-electron chi connectivity index (χ2n) is 8.81. The number of aromatic nitrogens is 2. The van der Waals surface area contributed by atoms with Crippen LogP contribution in [0.5, 0.6) is 11.5 Å². The number of benzene rings is 2. The number of hydrogen-bond acceptors (Lipinski definition) is 5. The van der Waals surface area contributed by atoms with Crippen LogP contribution in [0.2, 0.25) is 0 Å². The Morgan fingerprint density at radius 1 is 0.906 bits per heavy atom. The van der Waals surface area contributed by atoms with E-state index in [0.29, 0.717) is 26.1 Å². The van der Waals surface area contributed by atoms with E-state index in [9.17, 15) is 5.11 Å². The zero-order chi connectivity index (χ0) is 22.4. The van der Waals surface area contributed by atoms with E-state index in [1.165, 1.54) is 11.1 Å². The third-order valence-corrected chi connectivity index (χ3v) is 6.01. The van der Waals surface area contributed by atoms with E-state index >= 15 is 0 Å². The summed E-state index contributed by atoms with van der Waals surface area (Å²) >= 11 is 0. The molecular formula is C26H33N3O3. The molecule has 2 heterocycles. The maximum absolute atomic E-state index is 10.9. The number of hydrogen-bond donors (Lipinski definition) is 1. The van der Waals surface area contributed by atoms with Crippen LogP contribution in [-0.2, 0) is 13.1 Å². The van der Waals surface area contributed by atoms with Crippen LogP contribution in [0.1, 0.15) is 29.7 Å². The zero-order valence-electron chi connectivity index (χ0n) is 19.0. The first kappa shape index (κ1) is 22.4. The first-order valence-electron chi connectivity index (χ1n) is 11.3. The summed E-state index contributed by atoms with van der Waals surface area (Å²) in [6.45, 7) is 8.30. The first-order valence-corrected chi connectivity index (χ1v) is 11.3. The van der Waals surface area contributed by atoms with Crippen LogP contribution in [0.3, 0.4) is 0 Å². The van der Waals surface area contributed by atoms with Crippen LogP contribution in [0.25, 0.3) is 0 Å². The third kappa shape index (κ3) is 6.34. The maximum atomic E-state index is 10.9. The Balaban J connectivity index is 1.18. The minimum Gasteiger partial charge on any atom is -0.492 e. The molecule has 0 saturated carbocycles. The Morgan fingerprint density at radius 3 is 2.22 bits per heavy atom. The molecule has 0 spiro atoms. The van der Waals surface area contributed by atoms with Crippen molar-refractivity contribution in [2.45, 2.75) is 45.4 Å². The van der Waals surface area contributed by atoms with E-state index in [1.54, 1.807) is 0 Å². The van der Waals surface area contributed by atoms with Crippen LogP contribution >= 0.6 is 0 Å². The summed E-state index contributed by atoms with van der Waals surface area (Å²) in [6.07, 6.45) is 3.40. The summed E-state index contributed by atoms with van der Waals surface area (Å²) < 4.78 is 13.6. The summed E-state index contributed by atoms with van der Waals surface area (Å²) in [4.78, 5) is 2.39. The van der Waals surface area contributed by atoms with Crippen molar-refractivity contribution in [2.24, 2.45) is 0 Å². The van der Waals surface area contributed by atoms with Crippen molar-refractivity contribution >= 4 is 0 Å². The molecule has 0 amide bonds. The lowest BCUT2D eigenvalue weighted by atomic mass is 9.92. The van der Waals surface area contributed by atoms with Crippen LogP contribution < -0.4 is 9.47 Å². The average Bonchev–Trinajstić information content (AvgIpc) is 3.21. The molecule has 1 aliphatic rings. The molecule has 0 aliphatic carbocycles. The van der Waals surface area contributed by atoms with Crippen LogP contribution in [0.4, 0.5) is 0 Å². The molecule has 32 heavy (non-hydrogen) atoms. The maximum Gasteiger partial charge on any atom is 0.119 e. The highest BCUT2D eigenvalue weighted by molar-refractivity contribution is 5.28. The van der Waals surface area contributed by atoms with Crippen LogP contribution in [0, 0.1) is 13.8 Å². The highest BCUT2D eigenvalue weighted by Crippen LogP contribution is 2.25. The lowest BCUT2D eigenvalue weighted by Gasteiger charge is -2.38. The minimum absolute atomic E-state index is 0.341. The molecular weight excluding hydrogens is 402 g/mol. The molecule has 170 valence electrons. The number of likely N-dealkylation sites (tertiary alicyclic amines) is 1. The van der Waals surface area contributed by atoms with E-state index in [-0.39, 0.29) is 0 Å². The van der Waals surface area contributed by atoms with Gasteiger partial charge in [-0.3, -0.25) is 9.58 Å². The molecule has 1 N–H and O–H groups in total. The molecule has 6 heteroatoms. The van der Waals surface area contributed by atoms with Crippen molar-refractivity contribution in [1.29, 1.82) is 0 Å².